The van der Waals surface area contributed by atoms with E-state index in [2.05, 4.69) is 31.8 Å². The molecule has 0 spiro atoms. The molecule has 0 radical (unpaired) electrons. The zero-order valence-corrected chi connectivity index (χ0v) is 11.5. The van der Waals surface area contributed by atoms with Crippen molar-refractivity contribution in [2.24, 2.45) is 11.7 Å². The molecule has 1 aromatic rings. The van der Waals surface area contributed by atoms with Gasteiger partial charge < -0.3 is 10.2 Å². The van der Waals surface area contributed by atoms with Crippen LogP contribution in [0.5, 0.6) is 0 Å². The van der Waals surface area contributed by atoms with Crippen LogP contribution in [0.3, 0.4) is 0 Å². The Bertz CT molecular complexity index is 529. The van der Waals surface area contributed by atoms with Crippen molar-refractivity contribution in [2.75, 3.05) is 5.75 Å². The summed E-state index contributed by atoms with van der Waals surface area (Å²) in [7, 11) is 0. The monoisotopic (exact) mass is 259 g/mol. The molecule has 0 aromatic carbocycles. The summed E-state index contributed by atoms with van der Waals surface area (Å²) in [6.07, 6.45) is 4.93. The number of hydrogen-bond donors (Lipinski definition) is 1. The van der Waals surface area contributed by atoms with Crippen molar-refractivity contribution in [3.05, 3.63) is 46.4 Å². The molecule has 1 aromatic heterocycles. The van der Waals surface area contributed by atoms with Gasteiger partial charge in [-0.1, -0.05) is 18.9 Å². The van der Waals surface area contributed by atoms with Crippen LogP contribution in [-0.2, 0) is 0 Å². The highest BCUT2D eigenvalue weighted by molar-refractivity contribution is 8.03. The van der Waals surface area contributed by atoms with Gasteiger partial charge >= 0.3 is 0 Å². The third kappa shape index (κ3) is 3.02. The molecule has 18 heavy (non-hydrogen) atoms. The van der Waals surface area contributed by atoms with E-state index in [1.165, 1.54) is 10.5 Å². The maximum Gasteiger partial charge on any atom is 0.176 e. The molecule has 2 nitrogen and oxygen atoms in total. The van der Waals surface area contributed by atoms with Crippen molar-refractivity contribution in [1.82, 2.24) is 0 Å². The van der Waals surface area contributed by atoms with E-state index in [1.54, 1.807) is 18.0 Å². The first-order valence-electron chi connectivity index (χ1n) is 6.00. The van der Waals surface area contributed by atoms with E-state index in [9.17, 15) is 0 Å². The molecule has 2 N–H and O–H groups in total. The van der Waals surface area contributed by atoms with Gasteiger partial charge in [0.2, 0.25) is 0 Å². The van der Waals surface area contributed by atoms with Crippen LogP contribution >= 0.6 is 11.8 Å². The smallest absolute Gasteiger partial charge is 0.176 e. The fourth-order valence-electron chi connectivity index (χ4n) is 1.80. The van der Waals surface area contributed by atoms with E-state index in [0.717, 1.165) is 17.9 Å². The maximum absolute atomic E-state index is 6.14. The summed E-state index contributed by atoms with van der Waals surface area (Å²) in [4.78, 5) is 1.20. The molecule has 1 atom stereocenters. The Kier molecular flexibility index (Phi) is 4.22. The molecule has 2 rings (SSSR count). The summed E-state index contributed by atoms with van der Waals surface area (Å²) in [6.45, 7) is 4.27. The minimum atomic E-state index is 0.439. The highest BCUT2D eigenvalue weighted by Gasteiger charge is 2.16. The Hall–Kier alpha value is -1.53. The van der Waals surface area contributed by atoms with Crippen molar-refractivity contribution in [3.63, 3.8) is 0 Å². The predicted octanol–water partition coefficient (Wildman–Crippen LogP) is 3.52. The minimum Gasteiger partial charge on any atom is -0.456 e. The second-order valence-electron chi connectivity index (χ2n) is 4.38. The van der Waals surface area contributed by atoms with Gasteiger partial charge in [-0.25, -0.2) is 0 Å². The first kappa shape index (κ1) is 12.9. The van der Waals surface area contributed by atoms with E-state index in [0.29, 0.717) is 11.7 Å². The van der Waals surface area contributed by atoms with E-state index >= 15 is 0 Å². The minimum absolute atomic E-state index is 0.439. The number of hydrogen-bond acceptors (Lipinski definition) is 3. The lowest BCUT2D eigenvalue weighted by Crippen LogP contribution is -2.14. The van der Waals surface area contributed by atoms with Crippen LogP contribution in [0.2, 0.25) is 0 Å². The lowest BCUT2D eigenvalue weighted by atomic mass is 9.96. The SMILES string of the molecule is CC1=CCC(C)C(N)=C1SCC#Cc1ccco1. The number of nitrogens with two attached hydrogens (primary N) is 1. The highest BCUT2D eigenvalue weighted by Crippen LogP contribution is 2.33. The molecule has 3 heteroatoms. The molecule has 1 aliphatic rings. The van der Waals surface area contributed by atoms with Crippen LogP contribution < -0.4 is 5.73 Å². The number of rotatable bonds is 2. The quantitative estimate of drug-likeness (QED) is 0.826. The van der Waals surface area contributed by atoms with Crippen molar-refractivity contribution in [2.45, 2.75) is 20.3 Å². The standard InChI is InChI=1S/C15H17NOS/c1-11-7-8-12(2)15(14(11)16)18-10-4-6-13-5-3-9-17-13/h3,5,8-9,11H,7,10,16H2,1-2H3. The van der Waals surface area contributed by atoms with E-state index in [-0.39, 0.29) is 0 Å². The molecule has 0 bridgehead atoms. The largest absolute Gasteiger partial charge is 0.456 e. The van der Waals surface area contributed by atoms with Gasteiger partial charge in [0.25, 0.3) is 0 Å². The molecule has 1 heterocycles. The maximum atomic E-state index is 6.14. The Morgan fingerprint density at radius 1 is 1.56 bits per heavy atom. The second kappa shape index (κ2) is 5.88. The van der Waals surface area contributed by atoms with Crippen molar-refractivity contribution < 1.29 is 4.42 Å². The molecular weight excluding hydrogens is 242 g/mol. The molecule has 94 valence electrons. The summed E-state index contributed by atoms with van der Waals surface area (Å²) in [5.41, 5.74) is 8.41. The van der Waals surface area contributed by atoms with Crippen molar-refractivity contribution in [1.29, 1.82) is 0 Å². The third-order valence-corrected chi connectivity index (χ3v) is 4.09. The summed E-state index contributed by atoms with van der Waals surface area (Å²) in [5.74, 6) is 7.96. The van der Waals surface area contributed by atoms with Crippen LogP contribution in [0.1, 0.15) is 26.0 Å². The molecule has 0 saturated carbocycles. The Morgan fingerprint density at radius 2 is 2.39 bits per heavy atom. The van der Waals surface area contributed by atoms with Gasteiger partial charge in [-0.3, -0.25) is 0 Å². The first-order chi connectivity index (χ1) is 8.68. The summed E-state index contributed by atoms with van der Waals surface area (Å²) in [6, 6.07) is 3.70. The van der Waals surface area contributed by atoms with Gasteiger partial charge in [0.1, 0.15) is 0 Å². The van der Waals surface area contributed by atoms with Crippen molar-refractivity contribution >= 4 is 11.8 Å². The summed E-state index contributed by atoms with van der Waals surface area (Å²) >= 11 is 1.71. The fraction of sp³-hybridized carbons (Fsp3) is 0.333. The fourth-order valence-corrected chi connectivity index (χ4v) is 2.77. The van der Waals surface area contributed by atoms with Crippen LogP contribution in [0, 0.1) is 17.8 Å². The lowest BCUT2D eigenvalue weighted by molar-refractivity contribution is 0.554. The number of allylic oxidation sites excluding steroid dienone is 3. The third-order valence-electron chi connectivity index (χ3n) is 2.95. The number of furan rings is 1. The molecular formula is C15H17NOS. The Balaban J connectivity index is 1.97. The van der Waals surface area contributed by atoms with Gasteiger partial charge in [0, 0.05) is 16.5 Å². The zero-order chi connectivity index (χ0) is 13.0. The van der Waals surface area contributed by atoms with Crippen molar-refractivity contribution in [3.8, 4) is 11.8 Å². The molecule has 0 aliphatic heterocycles. The van der Waals surface area contributed by atoms with Gasteiger partial charge in [-0.15, -0.1) is 11.8 Å². The Labute approximate surface area is 112 Å². The van der Waals surface area contributed by atoms with Crippen LogP contribution in [0.25, 0.3) is 0 Å². The number of thioether (sulfide) groups is 1. The van der Waals surface area contributed by atoms with Crippen LogP contribution in [0.15, 0.2) is 45.1 Å². The first-order valence-corrected chi connectivity index (χ1v) is 6.99. The molecule has 0 amide bonds. The Morgan fingerprint density at radius 3 is 3.11 bits per heavy atom. The average Bonchev–Trinajstić information content (AvgIpc) is 2.86. The topological polar surface area (TPSA) is 39.2 Å². The summed E-state index contributed by atoms with van der Waals surface area (Å²) < 4.78 is 5.15. The van der Waals surface area contributed by atoms with Gasteiger partial charge in [0.05, 0.1) is 12.0 Å². The van der Waals surface area contributed by atoms with Crippen LogP contribution in [0.4, 0.5) is 0 Å². The van der Waals surface area contributed by atoms with E-state index in [4.69, 9.17) is 10.2 Å². The average molecular weight is 259 g/mol. The van der Waals surface area contributed by atoms with Gasteiger partial charge in [0.15, 0.2) is 5.76 Å². The normalized spacial score (nSPS) is 19.2. The van der Waals surface area contributed by atoms with Gasteiger partial charge in [-0.2, -0.15) is 0 Å². The second-order valence-corrected chi connectivity index (χ2v) is 5.36. The molecule has 1 unspecified atom stereocenters. The molecule has 0 fully saturated rings. The van der Waals surface area contributed by atoms with E-state index in [1.807, 2.05) is 12.1 Å². The molecule has 1 aliphatic carbocycles. The molecule has 0 saturated heterocycles. The van der Waals surface area contributed by atoms with Crippen LogP contribution in [-0.4, -0.2) is 5.75 Å². The predicted molar refractivity (Wildman–Crippen MR) is 76.8 cm³/mol. The lowest BCUT2D eigenvalue weighted by Gasteiger charge is -2.21. The summed E-state index contributed by atoms with van der Waals surface area (Å²) in [5, 5.41) is 0. The zero-order valence-electron chi connectivity index (χ0n) is 10.7. The van der Waals surface area contributed by atoms with E-state index < -0.39 is 0 Å². The highest BCUT2D eigenvalue weighted by atomic mass is 32.2. The van der Waals surface area contributed by atoms with Gasteiger partial charge in [-0.05, 0) is 37.0 Å².